The molecule has 0 aromatic rings. The molecule has 2 nitrogen and oxygen atoms in total. The van der Waals surface area contributed by atoms with Crippen molar-refractivity contribution in [1.82, 2.24) is 0 Å². The minimum absolute atomic E-state index is 1.99. The Morgan fingerprint density at radius 1 is 0.524 bits per heavy atom. The van der Waals surface area contributed by atoms with Gasteiger partial charge in [0.25, 0.3) is 0 Å². The smallest absolute Gasteiger partial charge is 0.397 e. The Morgan fingerprint density at radius 3 is 0.952 bits per heavy atom. The van der Waals surface area contributed by atoms with Crippen LogP contribution in [0.4, 0.5) is 52.7 Å². The monoisotopic (exact) mass is 344 g/mol. The molecule has 0 radical (unpaired) electrons. The van der Waals surface area contributed by atoms with E-state index in [0.717, 1.165) is 0 Å². The van der Waals surface area contributed by atoms with Gasteiger partial charge in [-0.2, -0.15) is 52.7 Å². The molecule has 0 atom stereocenters. The van der Waals surface area contributed by atoms with Crippen molar-refractivity contribution in [2.75, 3.05) is 0 Å². The average molecular weight is 344 g/mol. The molecule has 0 bridgehead atoms. The number of halogens is 12. The van der Waals surface area contributed by atoms with Gasteiger partial charge in [-0.15, -0.1) is 0 Å². The van der Waals surface area contributed by atoms with Crippen LogP contribution in [0.2, 0.25) is 0 Å². The SMILES string of the molecule is FC(F)=C(F)OC(F)(F)C(F)(F)C(F)(F)OC(F)=C(F)F. The third-order valence-electron chi connectivity index (χ3n) is 1.46. The van der Waals surface area contributed by atoms with Gasteiger partial charge in [-0.1, -0.05) is 0 Å². The highest BCUT2D eigenvalue weighted by Gasteiger charge is 2.77. The standard InChI is InChI=1S/C7F12O2/c8-1(9)3(12)20-6(16,17)5(14,15)7(18,19)21-4(13)2(10)11. The third-order valence-corrected chi connectivity index (χ3v) is 1.46. The molecule has 0 aliphatic carbocycles. The van der Waals surface area contributed by atoms with Crippen molar-refractivity contribution in [3.63, 3.8) is 0 Å². The molecule has 0 saturated carbocycles. The first-order valence-electron chi connectivity index (χ1n) is 4.08. The molecule has 0 fully saturated rings. The van der Waals surface area contributed by atoms with Gasteiger partial charge in [0.1, 0.15) is 0 Å². The Balaban J connectivity index is 5.52. The molecule has 0 N–H and O–H groups in total. The molecule has 0 amide bonds. The van der Waals surface area contributed by atoms with Crippen molar-refractivity contribution >= 4 is 0 Å². The number of hydrogen-bond acceptors (Lipinski definition) is 2. The molecular formula is C7F12O2. The van der Waals surface area contributed by atoms with Crippen LogP contribution >= 0.6 is 0 Å². The molecule has 0 aromatic carbocycles. The Kier molecular flexibility index (Phi) is 5.43. The van der Waals surface area contributed by atoms with Crippen LogP contribution in [0.15, 0.2) is 24.2 Å². The molecule has 0 aliphatic heterocycles. The van der Waals surface area contributed by atoms with E-state index >= 15 is 0 Å². The maximum absolute atomic E-state index is 12.6. The fourth-order valence-corrected chi connectivity index (χ4v) is 0.600. The maximum atomic E-state index is 12.6. The predicted molar refractivity (Wildman–Crippen MR) is 37.7 cm³/mol. The van der Waals surface area contributed by atoms with Crippen LogP contribution in [0, 0.1) is 0 Å². The van der Waals surface area contributed by atoms with Crippen LogP contribution in [0.1, 0.15) is 0 Å². The van der Waals surface area contributed by atoms with E-state index in [4.69, 9.17) is 0 Å². The third kappa shape index (κ3) is 4.10. The van der Waals surface area contributed by atoms with Crippen LogP contribution in [0.3, 0.4) is 0 Å². The van der Waals surface area contributed by atoms with Crippen LogP contribution < -0.4 is 0 Å². The normalized spacial score (nSPS) is 12.8. The molecule has 0 saturated heterocycles. The fraction of sp³-hybridized carbons (Fsp3) is 0.429. The summed E-state index contributed by atoms with van der Waals surface area (Å²) in [6.07, 6.45) is -20.8. The molecule has 0 aromatic heterocycles. The minimum atomic E-state index is -7.00. The summed E-state index contributed by atoms with van der Waals surface area (Å²) in [4.78, 5) is 0. The highest BCUT2D eigenvalue weighted by molar-refractivity contribution is 4.93. The van der Waals surface area contributed by atoms with Gasteiger partial charge in [0.2, 0.25) is 0 Å². The van der Waals surface area contributed by atoms with Crippen molar-refractivity contribution in [2.45, 2.75) is 18.1 Å². The molecule has 21 heavy (non-hydrogen) atoms. The lowest BCUT2D eigenvalue weighted by atomic mass is 10.3. The van der Waals surface area contributed by atoms with Crippen LogP contribution in [0.5, 0.6) is 0 Å². The van der Waals surface area contributed by atoms with Crippen molar-refractivity contribution < 1.29 is 62.2 Å². The predicted octanol–water partition coefficient (Wildman–Crippen LogP) is 4.91. The summed E-state index contributed by atoms with van der Waals surface area (Å²) in [5.74, 6) is -7.00. The number of hydrogen-bond donors (Lipinski definition) is 0. The Labute approximate surface area is 106 Å². The van der Waals surface area contributed by atoms with E-state index in [0.29, 0.717) is 0 Å². The van der Waals surface area contributed by atoms with Gasteiger partial charge >= 0.3 is 42.3 Å². The van der Waals surface area contributed by atoms with E-state index in [-0.39, 0.29) is 0 Å². The second-order valence-corrected chi connectivity index (χ2v) is 2.88. The van der Waals surface area contributed by atoms with E-state index < -0.39 is 42.3 Å². The van der Waals surface area contributed by atoms with Gasteiger partial charge in [-0.3, -0.25) is 0 Å². The van der Waals surface area contributed by atoms with Gasteiger partial charge in [0.05, 0.1) is 0 Å². The lowest BCUT2D eigenvalue weighted by Crippen LogP contribution is -2.56. The average Bonchev–Trinajstić information content (AvgIpc) is 2.26. The highest BCUT2D eigenvalue weighted by Crippen LogP contribution is 2.49. The second-order valence-electron chi connectivity index (χ2n) is 2.88. The summed E-state index contributed by atoms with van der Waals surface area (Å²) in [5, 5.41) is 0. The lowest BCUT2D eigenvalue weighted by molar-refractivity contribution is -0.443. The lowest BCUT2D eigenvalue weighted by Gasteiger charge is -2.30. The molecule has 0 aliphatic rings. The van der Waals surface area contributed by atoms with Gasteiger partial charge in [0.15, 0.2) is 0 Å². The van der Waals surface area contributed by atoms with Gasteiger partial charge in [-0.05, 0) is 0 Å². The van der Waals surface area contributed by atoms with Crippen LogP contribution in [-0.4, -0.2) is 18.1 Å². The Hall–Kier alpha value is -1.76. The molecule has 0 heterocycles. The van der Waals surface area contributed by atoms with Gasteiger partial charge in [-0.25, -0.2) is 0 Å². The van der Waals surface area contributed by atoms with Crippen molar-refractivity contribution in [3.8, 4) is 0 Å². The van der Waals surface area contributed by atoms with E-state index in [1.165, 1.54) is 0 Å². The first-order chi connectivity index (χ1) is 9.15. The van der Waals surface area contributed by atoms with Crippen molar-refractivity contribution in [2.24, 2.45) is 0 Å². The summed E-state index contributed by atoms with van der Waals surface area (Å²) < 4.78 is 149. The summed E-state index contributed by atoms with van der Waals surface area (Å²) in [7, 11) is 0. The molecule has 14 heteroatoms. The van der Waals surface area contributed by atoms with E-state index in [1.807, 2.05) is 9.47 Å². The van der Waals surface area contributed by atoms with Gasteiger partial charge in [0, 0.05) is 0 Å². The van der Waals surface area contributed by atoms with Crippen LogP contribution in [0.25, 0.3) is 0 Å². The van der Waals surface area contributed by atoms with E-state index in [9.17, 15) is 52.7 Å². The molecule has 0 rings (SSSR count). The maximum Gasteiger partial charge on any atom is 0.477 e. The first-order valence-corrected chi connectivity index (χ1v) is 4.08. The van der Waals surface area contributed by atoms with Crippen molar-refractivity contribution in [3.05, 3.63) is 24.2 Å². The second kappa shape index (κ2) is 5.93. The van der Waals surface area contributed by atoms with Gasteiger partial charge < -0.3 is 9.47 Å². The Morgan fingerprint density at radius 2 is 0.762 bits per heavy atom. The highest BCUT2D eigenvalue weighted by atomic mass is 19.4. The number of alkyl halides is 6. The molecule has 124 valence electrons. The fourth-order valence-electron chi connectivity index (χ4n) is 0.600. The molecule has 0 unspecified atom stereocenters. The number of rotatable bonds is 6. The van der Waals surface area contributed by atoms with Crippen LogP contribution in [-0.2, 0) is 9.47 Å². The zero-order valence-corrected chi connectivity index (χ0v) is 8.85. The topological polar surface area (TPSA) is 18.5 Å². The quantitative estimate of drug-likeness (QED) is 0.504. The zero-order valence-electron chi connectivity index (χ0n) is 8.85. The largest absolute Gasteiger partial charge is 0.477 e. The minimum Gasteiger partial charge on any atom is -0.397 e. The molecular weight excluding hydrogens is 344 g/mol. The zero-order chi connectivity index (χ0) is 17.2. The van der Waals surface area contributed by atoms with E-state index in [1.54, 1.807) is 0 Å². The first kappa shape index (κ1) is 19.2. The summed E-state index contributed by atoms with van der Waals surface area (Å²) >= 11 is 0. The summed E-state index contributed by atoms with van der Waals surface area (Å²) in [6.45, 7) is 0. The summed E-state index contributed by atoms with van der Waals surface area (Å²) in [5.41, 5.74) is 0. The Bertz CT molecular complexity index is 405. The van der Waals surface area contributed by atoms with E-state index in [2.05, 4.69) is 0 Å². The van der Waals surface area contributed by atoms with Crippen molar-refractivity contribution in [1.29, 1.82) is 0 Å². The molecule has 0 spiro atoms. The number of ether oxygens (including phenoxy) is 2. The summed E-state index contributed by atoms with van der Waals surface area (Å²) in [6, 6.07) is -7.30.